The molecule has 1 spiro atoms. The van der Waals surface area contributed by atoms with Gasteiger partial charge in [0.25, 0.3) is 0 Å². The number of aliphatic carboxylic acids is 1. The van der Waals surface area contributed by atoms with E-state index in [1.165, 1.54) is 31.2 Å². The number of hydrogen-bond acceptors (Lipinski definition) is 4. The maximum atomic E-state index is 13.1. The molecule has 6 heteroatoms. The topological polar surface area (TPSA) is 70.1 Å². The van der Waals surface area contributed by atoms with Crippen molar-refractivity contribution in [3.63, 3.8) is 0 Å². The molecule has 0 aromatic heterocycles. The molecule has 1 atom stereocenters. The Hall–Kier alpha value is -1.92. The summed E-state index contributed by atoms with van der Waals surface area (Å²) in [6.45, 7) is 2.57. The minimum atomic E-state index is -0.956. The summed E-state index contributed by atoms with van der Waals surface area (Å²) < 4.78 is 6.06. The van der Waals surface area contributed by atoms with Gasteiger partial charge < -0.3 is 9.84 Å². The number of carbonyl (C=O) groups excluding carboxylic acids is 1. The van der Waals surface area contributed by atoms with Crippen LogP contribution in [0.2, 0.25) is 0 Å². The standard InChI is InChI=1S/C23H32N2O4/c26-21(11-10-18-6-4-5-7-18)25-20(22(27)28)17-29-23(25)12-14-24(15-13-23)16-19-8-2-1-3-9-19/h1-3,8-9,18,20H,4-7,10-17H2,(H,27,28)/t20-/m1/s1. The van der Waals surface area contributed by atoms with Crippen molar-refractivity contribution >= 4 is 11.9 Å². The highest BCUT2D eigenvalue weighted by Gasteiger charge is 2.53. The molecule has 0 unspecified atom stereocenters. The Morgan fingerprint density at radius 3 is 2.45 bits per heavy atom. The van der Waals surface area contributed by atoms with Crippen molar-refractivity contribution in [2.24, 2.45) is 5.92 Å². The Balaban J connectivity index is 1.40. The number of carboxylic acid groups (broad SMARTS) is 1. The maximum Gasteiger partial charge on any atom is 0.328 e. The van der Waals surface area contributed by atoms with Gasteiger partial charge in [0.05, 0.1) is 6.61 Å². The van der Waals surface area contributed by atoms with E-state index in [1.54, 1.807) is 4.90 Å². The quantitative estimate of drug-likeness (QED) is 0.794. The monoisotopic (exact) mass is 400 g/mol. The smallest absolute Gasteiger partial charge is 0.328 e. The molecule has 3 fully saturated rings. The second-order valence-corrected chi connectivity index (χ2v) is 8.83. The lowest BCUT2D eigenvalue weighted by Crippen LogP contribution is -2.58. The van der Waals surface area contributed by atoms with E-state index in [4.69, 9.17) is 4.74 Å². The number of carboxylic acids is 1. The zero-order valence-corrected chi connectivity index (χ0v) is 17.1. The van der Waals surface area contributed by atoms with E-state index in [9.17, 15) is 14.7 Å². The van der Waals surface area contributed by atoms with E-state index in [0.29, 0.717) is 25.2 Å². The highest BCUT2D eigenvalue weighted by molar-refractivity contribution is 5.85. The van der Waals surface area contributed by atoms with Crippen LogP contribution in [-0.2, 0) is 20.9 Å². The summed E-state index contributed by atoms with van der Waals surface area (Å²) >= 11 is 0. The van der Waals surface area contributed by atoms with Gasteiger partial charge in [-0.3, -0.25) is 14.6 Å². The first-order chi connectivity index (χ1) is 14.1. The van der Waals surface area contributed by atoms with Crippen LogP contribution in [0.15, 0.2) is 30.3 Å². The Bertz CT molecular complexity index is 709. The largest absolute Gasteiger partial charge is 0.480 e. The zero-order valence-electron chi connectivity index (χ0n) is 17.1. The molecule has 4 rings (SSSR count). The number of likely N-dealkylation sites (tertiary alicyclic amines) is 1. The van der Waals surface area contributed by atoms with Crippen molar-refractivity contribution < 1.29 is 19.4 Å². The van der Waals surface area contributed by atoms with Crippen molar-refractivity contribution in [2.75, 3.05) is 19.7 Å². The van der Waals surface area contributed by atoms with Crippen LogP contribution >= 0.6 is 0 Å². The fourth-order valence-corrected chi connectivity index (χ4v) is 5.28. The van der Waals surface area contributed by atoms with Crippen molar-refractivity contribution in [1.82, 2.24) is 9.80 Å². The summed E-state index contributed by atoms with van der Waals surface area (Å²) in [6, 6.07) is 9.49. The SMILES string of the molecule is O=C(O)[C@H]1COC2(CCN(Cc3ccccc3)CC2)N1C(=O)CCC1CCCC1. The van der Waals surface area contributed by atoms with Crippen molar-refractivity contribution in [1.29, 1.82) is 0 Å². The molecule has 29 heavy (non-hydrogen) atoms. The number of carbonyl (C=O) groups is 2. The van der Waals surface area contributed by atoms with Crippen molar-refractivity contribution in [3.8, 4) is 0 Å². The molecule has 1 aromatic rings. The van der Waals surface area contributed by atoms with Gasteiger partial charge in [-0.25, -0.2) is 4.79 Å². The van der Waals surface area contributed by atoms with Crippen LogP contribution in [0.1, 0.15) is 56.9 Å². The third-order valence-corrected chi connectivity index (χ3v) is 6.94. The number of ether oxygens (including phenoxy) is 1. The van der Waals surface area contributed by atoms with Gasteiger partial charge in [0.1, 0.15) is 5.72 Å². The summed E-state index contributed by atoms with van der Waals surface area (Å²) in [4.78, 5) is 28.9. The first kappa shape index (κ1) is 20.4. The Morgan fingerprint density at radius 2 is 1.79 bits per heavy atom. The Kier molecular flexibility index (Phi) is 6.20. The minimum absolute atomic E-state index is 0.0432. The van der Waals surface area contributed by atoms with E-state index >= 15 is 0 Å². The Labute approximate surface area is 172 Å². The van der Waals surface area contributed by atoms with E-state index in [2.05, 4.69) is 17.0 Å². The number of piperidine rings is 1. The average molecular weight is 401 g/mol. The summed E-state index contributed by atoms with van der Waals surface area (Å²) in [5.41, 5.74) is 0.520. The molecule has 2 saturated heterocycles. The molecule has 2 aliphatic heterocycles. The lowest BCUT2D eigenvalue weighted by Gasteiger charge is -2.44. The third-order valence-electron chi connectivity index (χ3n) is 6.94. The van der Waals surface area contributed by atoms with Gasteiger partial charge in [0, 0.05) is 38.9 Å². The van der Waals surface area contributed by atoms with E-state index in [-0.39, 0.29) is 12.5 Å². The lowest BCUT2D eigenvalue weighted by atomic mass is 9.95. The van der Waals surface area contributed by atoms with Crippen LogP contribution in [0, 0.1) is 5.92 Å². The molecule has 1 aliphatic carbocycles. The van der Waals surface area contributed by atoms with Gasteiger partial charge in [-0.15, -0.1) is 0 Å². The summed E-state index contributed by atoms with van der Waals surface area (Å²) in [6.07, 6.45) is 7.55. The molecule has 3 aliphatic rings. The lowest BCUT2D eigenvalue weighted by molar-refractivity contribution is -0.166. The van der Waals surface area contributed by atoms with Crippen LogP contribution < -0.4 is 0 Å². The molecule has 0 bridgehead atoms. The number of nitrogens with zero attached hydrogens (tertiary/aromatic N) is 2. The van der Waals surface area contributed by atoms with Gasteiger partial charge in [-0.2, -0.15) is 0 Å². The maximum absolute atomic E-state index is 13.1. The minimum Gasteiger partial charge on any atom is -0.480 e. The van der Waals surface area contributed by atoms with E-state index in [1.807, 2.05) is 18.2 Å². The molecule has 2 heterocycles. The molecule has 1 aromatic carbocycles. The van der Waals surface area contributed by atoms with Crippen LogP contribution in [0.25, 0.3) is 0 Å². The fraction of sp³-hybridized carbons (Fsp3) is 0.652. The Morgan fingerprint density at radius 1 is 1.10 bits per heavy atom. The molecule has 158 valence electrons. The predicted molar refractivity (Wildman–Crippen MR) is 109 cm³/mol. The van der Waals surface area contributed by atoms with Gasteiger partial charge in [-0.05, 0) is 17.9 Å². The number of amides is 1. The van der Waals surface area contributed by atoms with Crippen LogP contribution in [0.3, 0.4) is 0 Å². The summed E-state index contributed by atoms with van der Waals surface area (Å²) in [5, 5.41) is 9.69. The number of benzene rings is 1. The molecular formula is C23H32N2O4. The second kappa shape index (κ2) is 8.84. The predicted octanol–water partition coefficient (Wildman–Crippen LogP) is 3.26. The van der Waals surface area contributed by atoms with Crippen molar-refractivity contribution in [3.05, 3.63) is 35.9 Å². The van der Waals surface area contributed by atoms with Gasteiger partial charge in [0.2, 0.25) is 5.91 Å². The molecule has 0 radical (unpaired) electrons. The summed E-state index contributed by atoms with van der Waals surface area (Å²) in [5.74, 6) is -0.379. The second-order valence-electron chi connectivity index (χ2n) is 8.83. The highest BCUT2D eigenvalue weighted by atomic mass is 16.5. The van der Waals surface area contributed by atoms with Crippen molar-refractivity contribution in [2.45, 2.75) is 69.7 Å². The number of hydrogen-bond donors (Lipinski definition) is 1. The van der Waals surface area contributed by atoms with Gasteiger partial charge in [-0.1, -0.05) is 56.0 Å². The molecular weight excluding hydrogens is 368 g/mol. The van der Waals surface area contributed by atoms with Gasteiger partial charge in [0.15, 0.2) is 6.04 Å². The van der Waals surface area contributed by atoms with Crippen LogP contribution in [0.5, 0.6) is 0 Å². The van der Waals surface area contributed by atoms with E-state index in [0.717, 1.165) is 26.1 Å². The first-order valence-electron chi connectivity index (χ1n) is 11.0. The van der Waals surface area contributed by atoms with Crippen LogP contribution in [0.4, 0.5) is 0 Å². The number of rotatable bonds is 6. The molecule has 1 saturated carbocycles. The normalized spacial score (nSPS) is 25.0. The van der Waals surface area contributed by atoms with Gasteiger partial charge >= 0.3 is 5.97 Å². The fourth-order valence-electron chi connectivity index (χ4n) is 5.28. The third kappa shape index (κ3) is 4.48. The van der Waals surface area contributed by atoms with Crippen LogP contribution in [-0.4, -0.2) is 58.2 Å². The zero-order chi connectivity index (χ0) is 20.3. The molecule has 6 nitrogen and oxygen atoms in total. The molecule has 1 amide bonds. The van der Waals surface area contributed by atoms with E-state index < -0.39 is 17.7 Å². The first-order valence-corrected chi connectivity index (χ1v) is 11.0. The average Bonchev–Trinajstić information content (AvgIpc) is 3.37. The highest BCUT2D eigenvalue weighted by Crippen LogP contribution is 2.39. The summed E-state index contributed by atoms with van der Waals surface area (Å²) in [7, 11) is 0. The molecule has 1 N–H and O–H groups in total.